The van der Waals surface area contributed by atoms with Crippen molar-refractivity contribution < 1.29 is 33.6 Å². The number of esters is 1. The number of aliphatic hydroxyl groups excluding tert-OH is 1. The molecule has 1 fully saturated rings. The van der Waals surface area contributed by atoms with Crippen LogP contribution in [0.2, 0.25) is 0 Å². The summed E-state index contributed by atoms with van der Waals surface area (Å²) in [4.78, 5) is 30.4. The van der Waals surface area contributed by atoms with Gasteiger partial charge in [-0.3, -0.25) is 14.6 Å². The molecular weight excluding hydrogens is 479 g/mol. The lowest BCUT2D eigenvalue weighted by Gasteiger charge is -2.29. The number of aromatic amines is 1. The van der Waals surface area contributed by atoms with Crippen molar-refractivity contribution in [3.63, 3.8) is 0 Å². The number of fused-ring (bicyclic) bond motifs is 1. The molecule has 6 N–H and O–H groups in total. The minimum Gasteiger partial charge on any atom is -0.462 e. The van der Waals surface area contributed by atoms with E-state index in [9.17, 15) is 24.4 Å². The van der Waals surface area contributed by atoms with Gasteiger partial charge in [-0.15, -0.1) is 10.9 Å². The summed E-state index contributed by atoms with van der Waals surface area (Å²) in [6, 6.07) is 0.315. The number of nitrogens with zero attached hydrogens (tertiary/aromatic N) is 2. The Hall–Kier alpha value is -2.72. The summed E-state index contributed by atoms with van der Waals surface area (Å²) in [6.45, 7) is 4.66. The lowest BCUT2D eigenvalue weighted by atomic mass is 9.60. The number of aliphatic hydroxyl groups is 2. The van der Waals surface area contributed by atoms with Gasteiger partial charge in [-0.1, -0.05) is 11.0 Å². The Morgan fingerprint density at radius 3 is 2.77 bits per heavy atom. The van der Waals surface area contributed by atoms with Gasteiger partial charge in [0.25, 0.3) is 5.56 Å². The zero-order valence-electron chi connectivity index (χ0n) is 19.0. The third-order valence-corrected chi connectivity index (χ3v) is 6.24. The van der Waals surface area contributed by atoms with Crippen LogP contribution in [0, 0.1) is 12.3 Å². The van der Waals surface area contributed by atoms with Gasteiger partial charge in [0.2, 0.25) is 5.95 Å². The standard InChI is InChI=1S/C19H22B2N5O8P/c1-5-18(30)11(27)12(19(20,21)34-35(31)25-9(4)15(29)32-8(2)3)33-16(18)26-7-6-10-13(26)23-17(22)24-14(10)28/h1,6-9,11-12,16,27,30H,2-4H3,(H3-,22,23,24,25,28,31)/p+1/t9-,11-,12?,16+,18?/m0/s1. The highest BCUT2D eigenvalue weighted by atomic mass is 31.1. The minimum absolute atomic E-state index is 0.0106. The first-order valence-corrected chi connectivity index (χ1v) is 11.5. The van der Waals surface area contributed by atoms with Crippen molar-refractivity contribution in [3.8, 4) is 12.3 Å². The van der Waals surface area contributed by atoms with Crippen LogP contribution in [0.5, 0.6) is 0 Å². The van der Waals surface area contributed by atoms with E-state index < -0.39 is 61.3 Å². The Morgan fingerprint density at radius 2 is 2.17 bits per heavy atom. The Labute approximate surface area is 203 Å². The van der Waals surface area contributed by atoms with E-state index in [2.05, 4.69) is 15.1 Å². The lowest BCUT2D eigenvalue weighted by molar-refractivity contribution is -0.149. The smallest absolute Gasteiger partial charge is 0.462 e. The number of carbonyl (C=O) groups excluding carboxylic acids is 1. The molecule has 1 aliphatic heterocycles. The molecule has 0 amide bonds. The SMILES string of the molecule is [B]C([B])(O[P+](=O)N[C@@H](C)C(=O)OC(C)C)C1O[C@@H](n2ccc3c(=O)[nH]c(N)nc32)C(O)(C#C)[C@H]1O. The first-order valence-electron chi connectivity index (χ1n) is 10.3. The van der Waals surface area contributed by atoms with Crippen LogP contribution in [-0.2, 0) is 23.4 Å². The molecule has 2 aromatic heterocycles. The summed E-state index contributed by atoms with van der Waals surface area (Å²) in [5.74, 6) is 1.12. The van der Waals surface area contributed by atoms with Crippen molar-refractivity contribution in [1.82, 2.24) is 19.6 Å². The third kappa shape index (κ3) is 5.13. The highest BCUT2D eigenvalue weighted by molar-refractivity contribution is 7.37. The molecule has 2 aromatic rings. The first-order chi connectivity index (χ1) is 16.2. The van der Waals surface area contributed by atoms with E-state index in [4.69, 9.17) is 41.8 Å². The third-order valence-electron chi connectivity index (χ3n) is 5.16. The van der Waals surface area contributed by atoms with Crippen molar-refractivity contribution in [1.29, 1.82) is 0 Å². The highest BCUT2D eigenvalue weighted by Crippen LogP contribution is 2.44. The highest BCUT2D eigenvalue weighted by Gasteiger charge is 2.61. The molecule has 182 valence electrons. The second kappa shape index (κ2) is 9.73. The Balaban J connectivity index is 1.86. The van der Waals surface area contributed by atoms with Gasteiger partial charge in [0.1, 0.15) is 33.9 Å². The van der Waals surface area contributed by atoms with Crippen LogP contribution in [0.4, 0.5) is 5.95 Å². The number of rotatable bonds is 8. The number of nitrogens with one attached hydrogen (secondary N) is 2. The number of carbonyl (C=O) groups is 1. The van der Waals surface area contributed by atoms with E-state index in [0.717, 1.165) is 0 Å². The second-order valence-electron chi connectivity index (χ2n) is 8.27. The maximum atomic E-state index is 12.5. The molecule has 4 radical (unpaired) electrons. The summed E-state index contributed by atoms with van der Waals surface area (Å²) in [7, 11) is 9.01. The monoisotopic (exact) mass is 502 g/mol. The summed E-state index contributed by atoms with van der Waals surface area (Å²) < 4.78 is 29.4. The molecule has 3 heterocycles. The Bertz CT molecular complexity index is 1240. The van der Waals surface area contributed by atoms with Crippen molar-refractivity contribution in [2.75, 3.05) is 5.73 Å². The summed E-state index contributed by atoms with van der Waals surface area (Å²) in [5.41, 5.74) is 2.61. The van der Waals surface area contributed by atoms with Crippen LogP contribution in [0.25, 0.3) is 11.0 Å². The number of anilines is 1. The molecule has 0 aromatic carbocycles. The zero-order chi connectivity index (χ0) is 26.3. The molecule has 0 bridgehead atoms. The second-order valence-corrected chi connectivity index (χ2v) is 9.23. The Kier molecular flexibility index (Phi) is 7.47. The number of ether oxygens (including phenoxy) is 2. The molecule has 16 heteroatoms. The van der Waals surface area contributed by atoms with Crippen LogP contribution in [0.3, 0.4) is 0 Å². The molecule has 35 heavy (non-hydrogen) atoms. The van der Waals surface area contributed by atoms with Gasteiger partial charge in [-0.25, -0.2) is 0 Å². The number of nitrogens with two attached hydrogens (primary N) is 1. The summed E-state index contributed by atoms with van der Waals surface area (Å²) in [6.07, 6.45) is 1.18. The molecule has 0 spiro atoms. The summed E-state index contributed by atoms with van der Waals surface area (Å²) in [5, 5.41) is 21.8. The zero-order valence-corrected chi connectivity index (χ0v) is 19.9. The van der Waals surface area contributed by atoms with Crippen molar-refractivity contribution in [2.24, 2.45) is 0 Å². The maximum absolute atomic E-state index is 12.5. The van der Waals surface area contributed by atoms with Gasteiger partial charge < -0.3 is 30.0 Å². The van der Waals surface area contributed by atoms with Gasteiger partial charge in [0.15, 0.2) is 17.5 Å². The first kappa shape index (κ1) is 26.9. The quantitative estimate of drug-likeness (QED) is 0.123. The van der Waals surface area contributed by atoms with Crippen LogP contribution < -0.4 is 16.4 Å². The number of aromatic nitrogens is 3. The molecule has 6 atom stereocenters. The van der Waals surface area contributed by atoms with Gasteiger partial charge in [-0.05, 0) is 31.4 Å². The predicted octanol–water partition coefficient (Wildman–Crippen LogP) is -1.48. The van der Waals surface area contributed by atoms with Crippen molar-refractivity contribution in [3.05, 3.63) is 22.6 Å². The average molecular weight is 502 g/mol. The number of terminal acetylenes is 1. The molecule has 1 aliphatic rings. The van der Waals surface area contributed by atoms with Crippen LogP contribution in [0.1, 0.15) is 27.0 Å². The number of H-pyrrole nitrogens is 1. The van der Waals surface area contributed by atoms with E-state index in [0.29, 0.717) is 0 Å². The largest absolute Gasteiger partial charge is 0.612 e. The van der Waals surface area contributed by atoms with Crippen LogP contribution in [0.15, 0.2) is 17.1 Å². The molecule has 3 unspecified atom stereocenters. The molecule has 0 aliphatic carbocycles. The van der Waals surface area contributed by atoms with E-state index >= 15 is 0 Å². The molecule has 13 nitrogen and oxygen atoms in total. The molecule has 0 saturated carbocycles. The van der Waals surface area contributed by atoms with Crippen LogP contribution >= 0.6 is 8.18 Å². The lowest BCUT2D eigenvalue weighted by Crippen LogP contribution is -2.54. The number of hydrogen-bond acceptors (Lipinski definition) is 10. The minimum atomic E-state index is -2.89. The Morgan fingerprint density at radius 1 is 1.51 bits per heavy atom. The normalized spacial score (nSPS) is 26.0. The van der Waals surface area contributed by atoms with E-state index in [-0.39, 0.29) is 17.0 Å². The van der Waals surface area contributed by atoms with Gasteiger partial charge in [0.05, 0.1) is 16.9 Å². The van der Waals surface area contributed by atoms with Gasteiger partial charge >= 0.3 is 14.1 Å². The number of nitrogen functional groups attached to an aromatic ring is 1. The molecule has 3 rings (SSSR count). The topological polar surface area (TPSA) is 191 Å². The van der Waals surface area contributed by atoms with Crippen molar-refractivity contribution in [2.45, 2.75) is 62.4 Å². The van der Waals surface area contributed by atoms with Gasteiger partial charge in [0, 0.05) is 6.20 Å². The summed E-state index contributed by atoms with van der Waals surface area (Å²) >= 11 is 0. The maximum Gasteiger partial charge on any atom is 0.612 e. The van der Waals surface area contributed by atoms with E-state index in [1.807, 2.05) is 5.92 Å². The average Bonchev–Trinajstić information content (AvgIpc) is 3.26. The van der Waals surface area contributed by atoms with Gasteiger partial charge in [-0.2, -0.15) is 4.98 Å². The fraction of sp³-hybridized carbons (Fsp3) is 0.526. The fourth-order valence-corrected chi connectivity index (χ4v) is 4.36. The van der Waals surface area contributed by atoms with E-state index in [1.165, 1.54) is 23.8 Å². The van der Waals surface area contributed by atoms with Crippen molar-refractivity contribution >= 4 is 46.8 Å². The fourth-order valence-electron chi connectivity index (χ4n) is 3.50. The predicted molar refractivity (Wildman–Crippen MR) is 125 cm³/mol. The van der Waals surface area contributed by atoms with Crippen LogP contribution in [-0.4, -0.2) is 81.8 Å². The molecule has 1 saturated heterocycles. The van der Waals surface area contributed by atoms with E-state index in [1.54, 1.807) is 13.8 Å². The number of hydrogen-bond donors (Lipinski definition) is 5. The molecular formula is C19H23B2N5O8P+.